The maximum absolute atomic E-state index is 11.0. The van der Waals surface area contributed by atoms with E-state index in [0.29, 0.717) is 24.1 Å². The van der Waals surface area contributed by atoms with Gasteiger partial charge in [0, 0.05) is 19.1 Å². The lowest BCUT2D eigenvalue weighted by molar-refractivity contribution is -0.114. The summed E-state index contributed by atoms with van der Waals surface area (Å²) in [6.45, 7) is 6.58. The maximum Gasteiger partial charge on any atom is 0.223 e. The van der Waals surface area contributed by atoms with E-state index in [1.54, 1.807) is 0 Å². The topological polar surface area (TPSA) is 60.5 Å². The van der Waals surface area contributed by atoms with Crippen molar-refractivity contribution in [2.75, 3.05) is 18.5 Å². The van der Waals surface area contributed by atoms with Crippen LogP contribution in [0.3, 0.4) is 0 Å². The molecule has 0 atom stereocenters. The number of fused-ring (bicyclic) bond motifs is 2. The summed E-state index contributed by atoms with van der Waals surface area (Å²) in [6, 6.07) is 3.73. The van der Waals surface area contributed by atoms with Gasteiger partial charge >= 0.3 is 0 Å². The van der Waals surface area contributed by atoms with Crippen molar-refractivity contribution in [3.05, 3.63) is 12.1 Å². The van der Waals surface area contributed by atoms with Gasteiger partial charge in [0.1, 0.15) is 13.2 Å². The van der Waals surface area contributed by atoms with E-state index in [1.165, 1.54) is 18.3 Å². The van der Waals surface area contributed by atoms with Gasteiger partial charge in [0.25, 0.3) is 0 Å². The number of hydrogen-bond acceptors (Lipinski definition) is 5. The first-order valence-electron chi connectivity index (χ1n) is 6.20. The van der Waals surface area contributed by atoms with Crippen LogP contribution in [0.25, 0.3) is 10.2 Å². The molecular formula is C13H16N2O3S. The number of ether oxygens (including phenoxy) is 2. The number of anilines is 1. The van der Waals surface area contributed by atoms with Crippen molar-refractivity contribution < 1.29 is 14.3 Å². The maximum atomic E-state index is 11.0. The van der Waals surface area contributed by atoms with Crippen LogP contribution in [-0.4, -0.2) is 24.1 Å². The van der Waals surface area contributed by atoms with Crippen molar-refractivity contribution in [3.63, 3.8) is 0 Å². The highest BCUT2D eigenvalue weighted by Gasteiger charge is 2.15. The lowest BCUT2D eigenvalue weighted by atomic mass is 10.3. The predicted octanol–water partition coefficient (Wildman–Crippen LogP) is 3.05. The van der Waals surface area contributed by atoms with Crippen LogP contribution in [0.1, 0.15) is 20.8 Å². The Balaban J connectivity index is 0.000000637. The van der Waals surface area contributed by atoms with E-state index >= 15 is 0 Å². The molecule has 0 radical (unpaired) electrons. The fourth-order valence-corrected chi connectivity index (χ4v) is 2.59. The van der Waals surface area contributed by atoms with Gasteiger partial charge in [-0.05, 0) is 0 Å². The fraction of sp³-hybridized carbons (Fsp3) is 0.385. The molecule has 2 heterocycles. The molecule has 3 rings (SSSR count). The Morgan fingerprint density at radius 2 is 1.89 bits per heavy atom. The molecule has 6 heteroatoms. The number of nitrogens with one attached hydrogen (secondary N) is 1. The fourth-order valence-electron chi connectivity index (χ4n) is 1.67. The summed E-state index contributed by atoms with van der Waals surface area (Å²) in [4.78, 5) is 15.3. The largest absolute Gasteiger partial charge is 0.486 e. The zero-order valence-corrected chi connectivity index (χ0v) is 12.0. The Kier molecular flexibility index (Phi) is 4.21. The summed E-state index contributed by atoms with van der Waals surface area (Å²) < 4.78 is 11.9. The van der Waals surface area contributed by atoms with E-state index in [0.717, 1.165) is 16.0 Å². The van der Waals surface area contributed by atoms with Gasteiger partial charge < -0.3 is 14.8 Å². The molecule has 1 aromatic carbocycles. The zero-order valence-electron chi connectivity index (χ0n) is 11.1. The van der Waals surface area contributed by atoms with Crippen molar-refractivity contribution in [1.82, 2.24) is 4.98 Å². The molecule has 0 unspecified atom stereocenters. The zero-order chi connectivity index (χ0) is 13.8. The summed E-state index contributed by atoms with van der Waals surface area (Å²) in [7, 11) is 0. The molecule has 1 amide bonds. The number of aromatic nitrogens is 1. The molecule has 102 valence electrons. The summed E-state index contributed by atoms with van der Waals surface area (Å²) in [5.41, 5.74) is 0.808. The van der Waals surface area contributed by atoms with E-state index < -0.39 is 0 Å². The average Bonchev–Trinajstić information content (AvgIpc) is 2.78. The second-order valence-corrected chi connectivity index (χ2v) is 4.69. The molecule has 5 nitrogen and oxygen atoms in total. The summed E-state index contributed by atoms with van der Waals surface area (Å²) in [5, 5.41) is 3.26. The number of rotatable bonds is 1. The van der Waals surface area contributed by atoms with Crippen molar-refractivity contribution >= 4 is 32.6 Å². The van der Waals surface area contributed by atoms with Crippen LogP contribution in [-0.2, 0) is 4.79 Å². The van der Waals surface area contributed by atoms with Crippen molar-refractivity contribution in [2.45, 2.75) is 20.8 Å². The third kappa shape index (κ3) is 2.96. The highest BCUT2D eigenvalue weighted by atomic mass is 32.1. The van der Waals surface area contributed by atoms with Crippen LogP contribution in [0, 0.1) is 0 Å². The molecule has 0 fully saturated rings. The Bertz CT molecular complexity index is 552. The number of benzene rings is 1. The highest BCUT2D eigenvalue weighted by Crippen LogP contribution is 2.37. The highest BCUT2D eigenvalue weighted by molar-refractivity contribution is 7.22. The van der Waals surface area contributed by atoms with E-state index in [9.17, 15) is 4.79 Å². The van der Waals surface area contributed by atoms with E-state index in [-0.39, 0.29) is 5.91 Å². The number of hydrogen-bond donors (Lipinski definition) is 1. The number of carbonyl (C=O) groups is 1. The van der Waals surface area contributed by atoms with E-state index in [2.05, 4.69) is 10.3 Å². The Labute approximate surface area is 115 Å². The molecule has 1 aliphatic rings. The molecular weight excluding hydrogens is 264 g/mol. The van der Waals surface area contributed by atoms with Gasteiger partial charge in [-0.3, -0.25) is 4.79 Å². The van der Waals surface area contributed by atoms with Crippen LogP contribution in [0.4, 0.5) is 5.13 Å². The van der Waals surface area contributed by atoms with Crippen LogP contribution in [0.2, 0.25) is 0 Å². The number of amides is 1. The number of thiazole rings is 1. The van der Waals surface area contributed by atoms with Gasteiger partial charge in [0.05, 0.1) is 10.2 Å². The third-order valence-corrected chi connectivity index (χ3v) is 3.27. The quantitative estimate of drug-likeness (QED) is 0.872. The average molecular weight is 280 g/mol. The van der Waals surface area contributed by atoms with Crippen LogP contribution in [0.5, 0.6) is 11.5 Å². The Hall–Kier alpha value is -1.82. The first-order chi connectivity index (χ1) is 9.22. The van der Waals surface area contributed by atoms with Gasteiger partial charge in [0.2, 0.25) is 5.91 Å². The molecule has 1 aromatic heterocycles. The second kappa shape index (κ2) is 5.88. The Morgan fingerprint density at radius 1 is 1.26 bits per heavy atom. The number of carbonyl (C=O) groups excluding carboxylic acids is 1. The van der Waals surface area contributed by atoms with Crippen molar-refractivity contribution in [2.24, 2.45) is 0 Å². The molecule has 0 saturated carbocycles. The molecule has 0 spiro atoms. The van der Waals surface area contributed by atoms with Crippen molar-refractivity contribution in [3.8, 4) is 11.5 Å². The minimum Gasteiger partial charge on any atom is -0.486 e. The smallest absolute Gasteiger partial charge is 0.223 e. The van der Waals surface area contributed by atoms with Crippen LogP contribution < -0.4 is 14.8 Å². The molecule has 19 heavy (non-hydrogen) atoms. The Morgan fingerprint density at radius 3 is 2.53 bits per heavy atom. The second-order valence-electron chi connectivity index (χ2n) is 3.66. The van der Waals surface area contributed by atoms with Crippen molar-refractivity contribution in [1.29, 1.82) is 0 Å². The number of nitrogens with zero attached hydrogens (tertiary/aromatic N) is 1. The lowest BCUT2D eigenvalue weighted by Gasteiger charge is -2.17. The lowest BCUT2D eigenvalue weighted by Crippen LogP contribution is -2.15. The molecule has 2 aromatic rings. The first-order valence-corrected chi connectivity index (χ1v) is 7.02. The SMILES string of the molecule is CC.CC(=O)Nc1nc2cc3c(cc2s1)OCCO3. The van der Waals surface area contributed by atoms with Gasteiger partial charge in [0.15, 0.2) is 16.6 Å². The summed E-state index contributed by atoms with van der Waals surface area (Å²) >= 11 is 1.42. The van der Waals surface area contributed by atoms with Gasteiger partial charge in [-0.25, -0.2) is 4.98 Å². The summed E-state index contributed by atoms with van der Waals surface area (Å²) in [5.74, 6) is 1.33. The monoisotopic (exact) mass is 280 g/mol. The third-order valence-electron chi connectivity index (χ3n) is 2.34. The summed E-state index contributed by atoms with van der Waals surface area (Å²) in [6.07, 6.45) is 0. The molecule has 0 bridgehead atoms. The van der Waals surface area contributed by atoms with Gasteiger partial charge in [-0.2, -0.15) is 0 Å². The van der Waals surface area contributed by atoms with E-state index in [4.69, 9.17) is 9.47 Å². The normalized spacial score (nSPS) is 12.6. The minimum absolute atomic E-state index is 0.124. The van der Waals surface area contributed by atoms with Crippen LogP contribution in [0.15, 0.2) is 12.1 Å². The molecule has 1 N–H and O–H groups in total. The molecule has 0 aliphatic carbocycles. The van der Waals surface area contributed by atoms with E-state index in [1.807, 2.05) is 26.0 Å². The predicted molar refractivity (Wildman–Crippen MR) is 76.3 cm³/mol. The van der Waals surface area contributed by atoms with Crippen LogP contribution >= 0.6 is 11.3 Å². The first kappa shape index (κ1) is 13.6. The van der Waals surface area contributed by atoms with Gasteiger partial charge in [-0.15, -0.1) is 0 Å². The standard InChI is InChI=1S/C11H10N2O3S.C2H6/c1-6(14)12-11-13-7-4-8-9(5-10(7)17-11)16-3-2-15-8;1-2/h4-5H,2-3H2,1H3,(H,12,13,14);1-2H3. The van der Waals surface area contributed by atoms with Gasteiger partial charge in [-0.1, -0.05) is 25.2 Å². The minimum atomic E-state index is -0.124. The molecule has 0 saturated heterocycles. The molecule has 1 aliphatic heterocycles.